The molecule has 1 aromatic rings. The van der Waals surface area contributed by atoms with Gasteiger partial charge in [0.1, 0.15) is 0 Å². The molecule has 0 radical (unpaired) electrons. The van der Waals surface area contributed by atoms with Crippen LogP contribution in [-0.4, -0.2) is 17.7 Å². The number of thioether (sulfide) groups is 1. The predicted molar refractivity (Wildman–Crippen MR) is 82.3 cm³/mol. The van der Waals surface area contributed by atoms with Crippen LogP contribution in [0.25, 0.3) is 0 Å². The van der Waals surface area contributed by atoms with Crippen LogP contribution in [0.1, 0.15) is 45.2 Å². The fraction of sp³-hybridized carbons (Fsp3) is 0.533. The highest BCUT2D eigenvalue weighted by Crippen LogP contribution is 2.21. The van der Waals surface area contributed by atoms with Crippen LogP contribution in [-0.2, 0) is 4.79 Å². The first kappa shape index (κ1) is 16.1. The van der Waals surface area contributed by atoms with Gasteiger partial charge in [-0.2, -0.15) is 0 Å². The summed E-state index contributed by atoms with van der Waals surface area (Å²) in [6.07, 6.45) is 1.96. The zero-order valence-corrected chi connectivity index (χ0v) is 12.8. The molecule has 0 spiro atoms. The molecule has 1 aromatic carbocycles. The van der Waals surface area contributed by atoms with Crippen LogP contribution in [0.4, 0.5) is 0 Å². The van der Waals surface area contributed by atoms with Crippen molar-refractivity contribution < 1.29 is 4.79 Å². The summed E-state index contributed by atoms with van der Waals surface area (Å²) in [6.45, 7) is 6.14. The van der Waals surface area contributed by atoms with Gasteiger partial charge in [0.25, 0.3) is 0 Å². The Balaban J connectivity index is 2.48. The smallest absolute Gasteiger partial charge is 0.230 e. The molecule has 0 aliphatic carbocycles. The summed E-state index contributed by atoms with van der Waals surface area (Å²) in [5, 5.41) is 3.04. The van der Waals surface area contributed by atoms with Gasteiger partial charge < -0.3 is 11.1 Å². The maximum atomic E-state index is 11.8. The van der Waals surface area contributed by atoms with Crippen molar-refractivity contribution in [3.05, 3.63) is 29.8 Å². The summed E-state index contributed by atoms with van der Waals surface area (Å²) in [6, 6.07) is 8.39. The van der Waals surface area contributed by atoms with E-state index in [1.165, 1.54) is 0 Å². The van der Waals surface area contributed by atoms with Crippen molar-refractivity contribution >= 4 is 17.7 Å². The summed E-state index contributed by atoms with van der Waals surface area (Å²) < 4.78 is 0. The van der Waals surface area contributed by atoms with E-state index >= 15 is 0 Å². The van der Waals surface area contributed by atoms with Gasteiger partial charge in [-0.25, -0.2) is 0 Å². The summed E-state index contributed by atoms with van der Waals surface area (Å²) in [7, 11) is 0. The first-order chi connectivity index (χ1) is 9.06. The SMILES string of the molecule is CCC(CC)NC(=O)CSc1cccc(C(C)N)c1. The minimum absolute atomic E-state index is 0.0268. The minimum atomic E-state index is 0.0268. The van der Waals surface area contributed by atoms with Crippen LogP contribution in [0, 0.1) is 0 Å². The van der Waals surface area contributed by atoms with Crippen LogP contribution in [0.5, 0.6) is 0 Å². The molecular weight excluding hydrogens is 256 g/mol. The van der Waals surface area contributed by atoms with Gasteiger partial charge >= 0.3 is 0 Å². The number of rotatable bonds is 7. The third kappa shape index (κ3) is 5.66. The van der Waals surface area contributed by atoms with Gasteiger partial charge in [0.2, 0.25) is 5.91 Å². The molecule has 4 heteroatoms. The van der Waals surface area contributed by atoms with Crippen molar-refractivity contribution in [2.24, 2.45) is 5.73 Å². The Kier molecular flexibility index (Phi) is 6.95. The van der Waals surface area contributed by atoms with Crippen molar-refractivity contribution in [3.63, 3.8) is 0 Å². The van der Waals surface area contributed by atoms with Crippen molar-refractivity contribution in [1.82, 2.24) is 5.32 Å². The third-order valence-electron chi connectivity index (χ3n) is 3.10. The zero-order valence-electron chi connectivity index (χ0n) is 12.0. The van der Waals surface area contributed by atoms with Crippen LogP contribution in [0.3, 0.4) is 0 Å². The molecule has 1 rings (SSSR count). The number of benzene rings is 1. The molecule has 0 bridgehead atoms. The minimum Gasteiger partial charge on any atom is -0.353 e. The first-order valence-electron chi connectivity index (χ1n) is 6.84. The Labute approximate surface area is 120 Å². The normalized spacial score (nSPS) is 12.5. The van der Waals surface area contributed by atoms with Crippen LogP contribution >= 0.6 is 11.8 Å². The fourth-order valence-corrected chi connectivity index (χ4v) is 2.57. The summed E-state index contributed by atoms with van der Waals surface area (Å²) in [4.78, 5) is 12.9. The molecule has 1 atom stereocenters. The maximum absolute atomic E-state index is 11.8. The van der Waals surface area contributed by atoms with E-state index in [0.29, 0.717) is 11.8 Å². The second kappa shape index (κ2) is 8.23. The summed E-state index contributed by atoms with van der Waals surface area (Å²) >= 11 is 1.56. The Bertz CT molecular complexity index is 403. The molecule has 0 aromatic heterocycles. The van der Waals surface area contributed by atoms with E-state index in [-0.39, 0.29) is 11.9 Å². The molecular formula is C15H24N2OS. The molecule has 0 saturated heterocycles. The number of nitrogens with one attached hydrogen (secondary N) is 1. The van der Waals surface area contributed by atoms with Gasteiger partial charge in [0, 0.05) is 17.0 Å². The Morgan fingerprint density at radius 3 is 2.63 bits per heavy atom. The van der Waals surface area contributed by atoms with E-state index in [9.17, 15) is 4.79 Å². The lowest BCUT2D eigenvalue weighted by atomic mass is 10.1. The van der Waals surface area contributed by atoms with E-state index in [0.717, 1.165) is 23.3 Å². The molecule has 106 valence electrons. The average Bonchev–Trinajstić information content (AvgIpc) is 2.42. The van der Waals surface area contributed by atoms with Gasteiger partial charge in [-0.3, -0.25) is 4.79 Å². The van der Waals surface area contributed by atoms with Crippen molar-refractivity contribution in [2.75, 3.05) is 5.75 Å². The van der Waals surface area contributed by atoms with Crippen LogP contribution in [0.2, 0.25) is 0 Å². The van der Waals surface area contributed by atoms with E-state index in [4.69, 9.17) is 5.73 Å². The highest BCUT2D eigenvalue weighted by Gasteiger charge is 2.09. The Morgan fingerprint density at radius 2 is 2.05 bits per heavy atom. The van der Waals surface area contributed by atoms with Crippen molar-refractivity contribution in [2.45, 2.75) is 50.6 Å². The van der Waals surface area contributed by atoms with Gasteiger partial charge in [-0.05, 0) is 37.5 Å². The lowest BCUT2D eigenvalue weighted by Crippen LogP contribution is -2.34. The molecule has 0 fully saturated rings. The average molecular weight is 280 g/mol. The summed E-state index contributed by atoms with van der Waals surface area (Å²) in [5.41, 5.74) is 6.95. The monoisotopic (exact) mass is 280 g/mol. The Morgan fingerprint density at radius 1 is 1.37 bits per heavy atom. The van der Waals surface area contributed by atoms with E-state index in [2.05, 4.69) is 25.2 Å². The fourth-order valence-electron chi connectivity index (χ4n) is 1.80. The molecule has 1 unspecified atom stereocenters. The topological polar surface area (TPSA) is 55.1 Å². The number of hydrogen-bond acceptors (Lipinski definition) is 3. The zero-order chi connectivity index (χ0) is 14.3. The third-order valence-corrected chi connectivity index (χ3v) is 4.10. The Hall–Kier alpha value is -1.00. The van der Waals surface area contributed by atoms with Crippen molar-refractivity contribution in [1.29, 1.82) is 0 Å². The molecule has 0 aliphatic heterocycles. The second-order valence-corrected chi connectivity index (χ2v) is 5.78. The molecule has 3 nitrogen and oxygen atoms in total. The second-order valence-electron chi connectivity index (χ2n) is 4.73. The molecule has 1 amide bonds. The lowest BCUT2D eigenvalue weighted by Gasteiger charge is -2.14. The summed E-state index contributed by atoms with van der Waals surface area (Å²) in [5.74, 6) is 0.559. The molecule has 0 saturated carbocycles. The van der Waals surface area contributed by atoms with Gasteiger partial charge in [0.05, 0.1) is 5.75 Å². The number of amides is 1. The van der Waals surface area contributed by atoms with Gasteiger partial charge in [-0.15, -0.1) is 11.8 Å². The maximum Gasteiger partial charge on any atom is 0.230 e. The predicted octanol–water partition coefficient (Wildman–Crippen LogP) is 3.10. The highest BCUT2D eigenvalue weighted by molar-refractivity contribution is 8.00. The molecule has 19 heavy (non-hydrogen) atoms. The van der Waals surface area contributed by atoms with Crippen LogP contribution < -0.4 is 11.1 Å². The lowest BCUT2D eigenvalue weighted by molar-refractivity contribution is -0.119. The molecule has 0 aliphatic rings. The van der Waals surface area contributed by atoms with Crippen molar-refractivity contribution in [3.8, 4) is 0 Å². The van der Waals surface area contributed by atoms with E-state index in [1.807, 2.05) is 25.1 Å². The van der Waals surface area contributed by atoms with Gasteiger partial charge in [-0.1, -0.05) is 26.0 Å². The standard InChI is InChI=1S/C15H24N2OS/c1-4-13(5-2)17-15(18)10-19-14-8-6-7-12(9-14)11(3)16/h6-9,11,13H,4-5,10,16H2,1-3H3,(H,17,18). The number of hydrogen-bond donors (Lipinski definition) is 2. The number of carbonyl (C=O) groups excluding carboxylic acids is 1. The van der Waals surface area contributed by atoms with E-state index < -0.39 is 0 Å². The number of carbonyl (C=O) groups is 1. The van der Waals surface area contributed by atoms with Crippen LogP contribution in [0.15, 0.2) is 29.2 Å². The number of nitrogens with two attached hydrogens (primary N) is 1. The quantitative estimate of drug-likeness (QED) is 0.755. The molecule has 0 heterocycles. The first-order valence-corrected chi connectivity index (χ1v) is 7.83. The van der Waals surface area contributed by atoms with Gasteiger partial charge in [0.15, 0.2) is 0 Å². The largest absolute Gasteiger partial charge is 0.353 e. The van der Waals surface area contributed by atoms with E-state index in [1.54, 1.807) is 11.8 Å². The molecule has 3 N–H and O–H groups in total. The highest BCUT2D eigenvalue weighted by atomic mass is 32.2.